The van der Waals surface area contributed by atoms with Crippen molar-refractivity contribution in [2.45, 2.75) is 32.4 Å². The van der Waals surface area contributed by atoms with Crippen LogP contribution >= 0.6 is 0 Å². The summed E-state index contributed by atoms with van der Waals surface area (Å²) < 4.78 is 31.5. The van der Waals surface area contributed by atoms with E-state index in [1.165, 1.54) is 0 Å². The lowest BCUT2D eigenvalue weighted by atomic mass is 10.1. The number of hydrogen-bond donors (Lipinski definition) is 0. The summed E-state index contributed by atoms with van der Waals surface area (Å²) in [6.07, 6.45) is 1.76. The third-order valence-corrected chi connectivity index (χ3v) is 6.47. The fourth-order valence-corrected chi connectivity index (χ4v) is 4.63. The van der Waals surface area contributed by atoms with Gasteiger partial charge in [-0.1, -0.05) is 6.07 Å². The minimum absolute atomic E-state index is 0.107. The summed E-state index contributed by atoms with van der Waals surface area (Å²) >= 11 is 0. The zero-order valence-electron chi connectivity index (χ0n) is 13.6. The van der Waals surface area contributed by atoms with Gasteiger partial charge in [-0.3, -0.25) is 9.88 Å². The van der Waals surface area contributed by atoms with Crippen molar-refractivity contribution >= 4 is 10.0 Å². The predicted octanol–water partition coefficient (Wildman–Crippen LogP) is 1.40. The molecule has 3 heterocycles. The van der Waals surface area contributed by atoms with Crippen LogP contribution in [0.5, 0.6) is 0 Å². The Balaban J connectivity index is 1.76. The molecule has 3 rings (SSSR count). The van der Waals surface area contributed by atoms with E-state index in [4.69, 9.17) is 9.72 Å². The van der Waals surface area contributed by atoms with Gasteiger partial charge in [0, 0.05) is 26.2 Å². The van der Waals surface area contributed by atoms with Gasteiger partial charge in [-0.25, -0.2) is 8.42 Å². The lowest BCUT2D eigenvalue weighted by molar-refractivity contribution is 0.0336. The normalized spacial score (nSPS) is 24.1. The average Bonchev–Trinajstić information content (AvgIpc) is 3.07. The first-order chi connectivity index (χ1) is 11.1. The highest BCUT2D eigenvalue weighted by Crippen LogP contribution is 2.33. The number of nitrogens with zero attached hydrogens (tertiary/aromatic N) is 3. The van der Waals surface area contributed by atoms with Crippen LogP contribution in [0.1, 0.15) is 37.2 Å². The first-order valence-electron chi connectivity index (χ1n) is 8.35. The Morgan fingerprint density at radius 1 is 1.26 bits per heavy atom. The maximum Gasteiger partial charge on any atom is 0.214 e. The molecule has 1 aromatic heterocycles. The van der Waals surface area contributed by atoms with Crippen LogP contribution in [0.15, 0.2) is 18.2 Å². The number of ether oxygens (including phenoxy) is 1. The number of pyridine rings is 1. The molecular formula is C16H25N3O3S. The molecular weight excluding hydrogens is 314 g/mol. The second-order valence-corrected chi connectivity index (χ2v) is 8.32. The zero-order valence-corrected chi connectivity index (χ0v) is 14.5. The number of rotatable bonds is 5. The molecule has 0 unspecified atom stereocenters. The van der Waals surface area contributed by atoms with E-state index in [9.17, 15) is 8.42 Å². The summed E-state index contributed by atoms with van der Waals surface area (Å²) in [6, 6.07) is 5.86. The Morgan fingerprint density at radius 3 is 2.78 bits per heavy atom. The van der Waals surface area contributed by atoms with Crippen LogP contribution in [-0.4, -0.2) is 61.2 Å². The van der Waals surface area contributed by atoms with Crippen LogP contribution < -0.4 is 0 Å². The van der Waals surface area contributed by atoms with E-state index in [0.717, 1.165) is 57.1 Å². The average molecular weight is 339 g/mol. The molecule has 0 N–H and O–H groups in total. The van der Waals surface area contributed by atoms with Gasteiger partial charge in [0.15, 0.2) is 0 Å². The topological polar surface area (TPSA) is 62.7 Å². The second kappa shape index (κ2) is 7.25. The summed E-state index contributed by atoms with van der Waals surface area (Å²) in [6.45, 7) is 6.49. The summed E-state index contributed by atoms with van der Waals surface area (Å²) in [7, 11) is -3.17. The van der Waals surface area contributed by atoms with Crippen LogP contribution in [0, 0.1) is 0 Å². The summed E-state index contributed by atoms with van der Waals surface area (Å²) in [5, 5.41) is 0. The van der Waals surface area contributed by atoms with Gasteiger partial charge >= 0.3 is 0 Å². The second-order valence-electron chi connectivity index (χ2n) is 6.11. The van der Waals surface area contributed by atoms with Crippen molar-refractivity contribution in [3.8, 4) is 0 Å². The maximum atomic E-state index is 12.3. The summed E-state index contributed by atoms with van der Waals surface area (Å²) in [5.41, 5.74) is 1.88. The van der Waals surface area contributed by atoms with E-state index in [0.29, 0.717) is 6.54 Å². The molecule has 1 aromatic rings. The Morgan fingerprint density at radius 2 is 2.04 bits per heavy atom. The Bertz CT molecular complexity index is 629. The molecule has 6 nitrogen and oxygen atoms in total. The smallest absolute Gasteiger partial charge is 0.214 e. The van der Waals surface area contributed by atoms with Crippen molar-refractivity contribution in [1.82, 2.24) is 14.2 Å². The van der Waals surface area contributed by atoms with Crippen LogP contribution in [0.4, 0.5) is 0 Å². The molecule has 128 valence electrons. The summed E-state index contributed by atoms with van der Waals surface area (Å²) in [4.78, 5) is 7.08. The molecule has 2 fully saturated rings. The van der Waals surface area contributed by atoms with E-state index in [2.05, 4.69) is 4.90 Å². The van der Waals surface area contributed by atoms with E-state index in [1.54, 1.807) is 11.2 Å². The van der Waals surface area contributed by atoms with E-state index >= 15 is 0 Å². The molecule has 0 amide bonds. The molecule has 23 heavy (non-hydrogen) atoms. The Labute approximate surface area is 138 Å². The van der Waals surface area contributed by atoms with E-state index in [-0.39, 0.29) is 11.8 Å². The number of morpholine rings is 1. The number of hydrogen-bond acceptors (Lipinski definition) is 5. The van der Waals surface area contributed by atoms with Crippen LogP contribution in [0.2, 0.25) is 0 Å². The van der Waals surface area contributed by atoms with Crippen LogP contribution in [-0.2, 0) is 21.3 Å². The van der Waals surface area contributed by atoms with Crippen molar-refractivity contribution < 1.29 is 13.2 Å². The molecule has 0 radical (unpaired) electrons. The quantitative estimate of drug-likeness (QED) is 0.811. The molecule has 0 aromatic carbocycles. The molecule has 2 aliphatic rings. The van der Waals surface area contributed by atoms with Crippen molar-refractivity contribution in [3.63, 3.8) is 0 Å². The highest BCUT2D eigenvalue weighted by atomic mass is 32.2. The first kappa shape index (κ1) is 16.8. The molecule has 0 bridgehead atoms. The fraction of sp³-hybridized carbons (Fsp3) is 0.688. The molecule has 2 aliphatic heterocycles. The monoisotopic (exact) mass is 339 g/mol. The van der Waals surface area contributed by atoms with Gasteiger partial charge in [0.05, 0.1) is 36.4 Å². The SMILES string of the molecule is CCS(=O)(=O)N1CCC[C@@H]1c1cccc(CN2CCOCC2)n1. The Kier molecular flexibility index (Phi) is 5.31. The van der Waals surface area contributed by atoms with E-state index < -0.39 is 10.0 Å². The largest absolute Gasteiger partial charge is 0.379 e. The fourth-order valence-electron chi connectivity index (χ4n) is 3.29. The number of aromatic nitrogens is 1. The molecule has 1 atom stereocenters. The van der Waals surface area contributed by atoms with Gasteiger partial charge in [0.1, 0.15) is 0 Å². The van der Waals surface area contributed by atoms with Gasteiger partial charge in [0.25, 0.3) is 0 Å². The van der Waals surface area contributed by atoms with Gasteiger partial charge in [-0.05, 0) is 31.9 Å². The van der Waals surface area contributed by atoms with Crippen molar-refractivity contribution in [1.29, 1.82) is 0 Å². The van der Waals surface area contributed by atoms with Gasteiger partial charge in [0.2, 0.25) is 10.0 Å². The molecule has 7 heteroatoms. The van der Waals surface area contributed by atoms with Crippen molar-refractivity contribution in [3.05, 3.63) is 29.6 Å². The number of sulfonamides is 1. The zero-order chi connectivity index (χ0) is 16.3. The van der Waals surface area contributed by atoms with E-state index in [1.807, 2.05) is 18.2 Å². The van der Waals surface area contributed by atoms with Gasteiger partial charge < -0.3 is 4.74 Å². The molecule has 0 aliphatic carbocycles. The Hall–Kier alpha value is -1.02. The lowest BCUT2D eigenvalue weighted by Crippen LogP contribution is -2.36. The first-order valence-corrected chi connectivity index (χ1v) is 9.96. The van der Waals surface area contributed by atoms with Crippen LogP contribution in [0.25, 0.3) is 0 Å². The minimum Gasteiger partial charge on any atom is -0.379 e. The minimum atomic E-state index is -3.17. The standard InChI is InChI=1S/C16H25N3O3S/c1-2-23(20,21)19-8-4-7-16(19)15-6-3-5-14(17-15)13-18-9-11-22-12-10-18/h3,5-6,16H,2,4,7-13H2,1H3/t16-/m1/s1. The van der Waals surface area contributed by atoms with Gasteiger partial charge in [-0.2, -0.15) is 4.31 Å². The van der Waals surface area contributed by atoms with Crippen molar-refractivity contribution in [2.75, 3.05) is 38.6 Å². The van der Waals surface area contributed by atoms with Crippen LogP contribution in [0.3, 0.4) is 0 Å². The molecule has 0 saturated carbocycles. The third kappa shape index (κ3) is 3.91. The maximum absolute atomic E-state index is 12.3. The highest BCUT2D eigenvalue weighted by Gasteiger charge is 2.34. The van der Waals surface area contributed by atoms with Gasteiger partial charge in [-0.15, -0.1) is 0 Å². The van der Waals surface area contributed by atoms with Crippen molar-refractivity contribution in [2.24, 2.45) is 0 Å². The highest BCUT2D eigenvalue weighted by molar-refractivity contribution is 7.89. The molecule has 2 saturated heterocycles. The predicted molar refractivity (Wildman–Crippen MR) is 88.5 cm³/mol. The lowest BCUT2D eigenvalue weighted by Gasteiger charge is -2.27. The summed E-state index contributed by atoms with van der Waals surface area (Å²) in [5.74, 6) is 0.150. The third-order valence-electron chi connectivity index (χ3n) is 4.58. The molecule has 0 spiro atoms.